The summed E-state index contributed by atoms with van der Waals surface area (Å²) in [7, 11) is 0. The maximum atomic E-state index is 11.2. The number of rotatable bonds is 6. The molecular formula is C22H22N8O2S. The first-order valence-electron chi connectivity index (χ1n) is 10.4. The van der Waals surface area contributed by atoms with Gasteiger partial charge in [-0.25, -0.2) is 19.9 Å². The third kappa shape index (κ3) is 4.54. The van der Waals surface area contributed by atoms with E-state index in [9.17, 15) is 4.79 Å². The zero-order valence-electron chi connectivity index (χ0n) is 17.7. The molecule has 11 heteroatoms. The molecule has 0 spiro atoms. The van der Waals surface area contributed by atoms with E-state index in [0.717, 1.165) is 39.6 Å². The third-order valence-corrected chi connectivity index (χ3v) is 6.36. The Morgan fingerprint density at radius 3 is 2.55 bits per heavy atom. The van der Waals surface area contributed by atoms with Gasteiger partial charge in [0, 0.05) is 41.6 Å². The van der Waals surface area contributed by atoms with Gasteiger partial charge in [-0.15, -0.1) is 11.3 Å². The summed E-state index contributed by atoms with van der Waals surface area (Å²) in [6.07, 6.45) is 2.81. The number of aromatic nitrogens is 4. The number of thiophene rings is 1. The molecular weight excluding hydrogens is 440 g/mol. The predicted molar refractivity (Wildman–Crippen MR) is 128 cm³/mol. The van der Waals surface area contributed by atoms with E-state index in [1.54, 1.807) is 11.3 Å². The van der Waals surface area contributed by atoms with Crippen LogP contribution in [0.5, 0.6) is 0 Å². The maximum Gasteiger partial charge on any atom is 0.251 e. The van der Waals surface area contributed by atoms with E-state index < -0.39 is 5.91 Å². The lowest BCUT2D eigenvalue weighted by Gasteiger charge is -2.28. The number of anilines is 3. The van der Waals surface area contributed by atoms with Crippen molar-refractivity contribution >= 4 is 44.9 Å². The molecule has 4 aromatic rings. The molecule has 0 radical (unpaired) electrons. The van der Waals surface area contributed by atoms with E-state index in [0.29, 0.717) is 37.2 Å². The summed E-state index contributed by atoms with van der Waals surface area (Å²) < 4.78 is 6.55. The predicted octanol–water partition coefficient (Wildman–Crippen LogP) is 2.28. The molecule has 4 heterocycles. The van der Waals surface area contributed by atoms with Crippen molar-refractivity contribution in [2.24, 2.45) is 5.73 Å². The number of primary amides is 1. The smallest absolute Gasteiger partial charge is 0.251 e. The van der Waals surface area contributed by atoms with Crippen LogP contribution in [0.2, 0.25) is 0 Å². The average molecular weight is 463 g/mol. The van der Waals surface area contributed by atoms with Crippen LogP contribution in [0.25, 0.3) is 21.6 Å². The standard InChI is InChI=1S/C22H22N8O2S/c23-15-3-1-13(2-4-15)20-28-17-9-16(12-27-22-25-10-14(11-26-22)19(24)31)33-18(17)21(29-20)30-5-7-32-8-6-30/h1-4,9-11H,5-8,12,23H2,(H2,24,31)(H,25,26,27). The van der Waals surface area contributed by atoms with E-state index >= 15 is 0 Å². The van der Waals surface area contributed by atoms with Gasteiger partial charge in [0.25, 0.3) is 5.91 Å². The van der Waals surface area contributed by atoms with E-state index in [2.05, 4.69) is 26.3 Å². The molecule has 0 unspecified atom stereocenters. The van der Waals surface area contributed by atoms with Crippen molar-refractivity contribution in [3.63, 3.8) is 0 Å². The number of nitrogens with zero attached hydrogens (tertiary/aromatic N) is 5. The van der Waals surface area contributed by atoms with Gasteiger partial charge in [-0.3, -0.25) is 4.79 Å². The molecule has 0 saturated carbocycles. The quantitative estimate of drug-likeness (QED) is 0.367. The Morgan fingerprint density at radius 1 is 1.12 bits per heavy atom. The zero-order valence-corrected chi connectivity index (χ0v) is 18.5. The van der Waals surface area contributed by atoms with Crippen molar-refractivity contribution in [1.29, 1.82) is 0 Å². The van der Waals surface area contributed by atoms with E-state index in [4.69, 9.17) is 26.2 Å². The van der Waals surface area contributed by atoms with Gasteiger partial charge in [0.2, 0.25) is 5.95 Å². The summed E-state index contributed by atoms with van der Waals surface area (Å²) in [6.45, 7) is 3.40. The van der Waals surface area contributed by atoms with Gasteiger partial charge in [-0.2, -0.15) is 0 Å². The second-order valence-electron chi connectivity index (χ2n) is 7.53. The number of carbonyl (C=O) groups excluding carboxylic acids is 1. The molecule has 1 saturated heterocycles. The number of hydrogen-bond acceptors (Lipinski definition) is 10. The average Bonchev–Trinajstić information content (AvgIpc) is 3.26. The lowest BCUT2D eigenvalue weighted by atomic mass is 10.2. The Morgan fingerprint density at radius 2 is 1.85 bits per heavy atom. The first kappa shape index (κ1) is 21.0. The Balaban J connectivity index is 1.46. The number of hydrogen-bond donors (Lipinski definition) is 3. The SMILES string of the molecule is NC(=O)c1cnc(NCc2cc3nc(-c4ccc(N)cc4)nc(N4CCOCC4)c3s2)nc1. The number of nitrogens with one attached hydrogen (secondary N) is 1. The van der Waals surface area contributed by atoms with Crippen molar-refractivity contribution in [2.45, 2.75) is 6.54 Å². The molecule has 5 N–H and O–H groups in total. The third-order valence-electron chi connectivity index (χ3n) is 5.24. The minimum Gasteiger partial charge on any atom is -0.399 e. The van der Waals surface area contributed by atoms with Crippen LogP contribution in [-0.2, 0) is 11.3 Å². The maximum absolute atomic E-state index is 11.2. The first-order valence-corrected chi connectivity index (χ1v) is 11.2. The Bertz CT molecular complexity index is 1280. The van der Waals surface area contributed by atoms with Gasteiger partial charge in [0.05, 0.1) is 35.5 Å². The molecule has 1 aliphatic rings. The monoisotopic (exact) mass is 462 g/mol. The lowest BCUT2D eigenvalue weighted by Crippen LogP contribution is -2.36. The van der Waals surface area contributed by atoms with Gasteiger partial charge in [0.1, 0.15) is 0 Å². The number of nitrogens with two attached hydrogens (primary N) is 2. The first-order chi connectivity index (χ1) is 16.1. The van der Waals surface area contributed by atoms with Crippen LogP contribution in [0.15, 0.2) is 42.7 Å². The van der Waals surface area contributed by atoms with Gasteiger partial charge in [-0.1, -0.05) is 0 Å². The molecule has 1 aliphatic heterocycles. The molecule has 10 nitrogen and oxygen atoms in total. The summed E-state index contributed by atoms with van der Waals surface area (Å²) >= 11 is 1.63. The molecule has 168 valence electrons. The zero-order chi connectivity index (χ0) is 22.8. The molecule has 3 aromatic heterocycles. The summed E-state index contributed by atoms with van der Waals surface area (Å²) in [4.78, 5) is 32.5. The van der Waals surface area contributed by atoms with Crippen LogP contribution in [0.3, 0.4) is 0 Å². The summed E-state index contributed by atoms with van der Waals surface area (Å²) in [5.41, 5.74) is 13.8. The number of carbonyl (C=O) groups is 1. The normalized spacial score (nSPS) is 13.9. The molecule has 0 bridgehead atoms. The Labute approximate surface area is 193 Å². The van der Waals surface area contributed by atoms with Crippen molar-refractivity contribution in [3.05, 3.63) is 53.2 Å². The van der Waals surface area contributed by atoms with Crippen molar-refractivity contribution in [1.82, 2.24) is 19.9 Å². The molecule has 33 heavy (non-hydrogen) atoms. The van der Waals surface area contributed by atoms with Gasteiger partial charge in [-0.05, 0) is 30.3 Å². The fraction of sp³-hybridized carbons (Fsp3) is 0.227. The number of nitrogen functional groups attached to an aromatic ring is 1. The number of amides is 1. The Kier molecular flexibility index (Phi) is 5.71. The van der Waals surface area contributed by atoms with Crippen LogP contribution >= 0.6 is 11.3 Å². The summed E-state index contributed by atoms with van der Waals surface area (Å²) in [5, 5.41) is 3.18. The second-order valence-corrected chi connectivity index (χ2v) is 8.67. The Hall–Kier alpha value is -3.83. The van der Waals surface area contributed by atoms with Crippen LogP contribution in [-0.4, -0.2) is 52.1 Å². The van der Waals surface area contributed by atoms with Crippen molar-refractivity contribution in [2.75, 3.05) is 42.3 Å². The minimum atomic E-state index is -0.558. The lowest BCUT2D eigenvalue weighted by molar-refractivity contribution is 0.0999. The van der Waals surface area contributed by atoms with E-state index in [1.165, 1.54) is 12.4 Å². The highest BCUT2D eigenvalue weighted by Crippen LogP contribution is 2.34. The van der Waals surface area contributed by atoms with Gasteiger partial charge in [0.15, 0.2) is 11.6 Å². The number of fused-ring (bicyclic) bond motifs is 1. The topological polar surface area (TPSA) is 145 Å². The number of ether oxygens (including phenoxy) is 1. The molecule has 1 aromatic carbocycles. The van der Waals surface area contributed by atoms with Crippen molar-refractivity contribution < 1.29 is 9.53 Å². The second kappa shape index (κ2) is 8.96. The summed E-state index contributed by atoms with van der Waals surface area (Å²) in [6, 6.07) is 9.62. The minimum absolute atomic E-state index is 0.267. The molecule has 0 aliphatic carbocycles. The summed E-state index contributed by atoms with van der Waals surface area (Å²) in [5.74, 6) is 1.43. The highest BCUT2D eigenvalue weighted by Gasteiger charge is 2.20. The van der Waals surface area contributed by atoms with Gasteiger partial charge >= 0.3 is 0 Å². The van der Waals surface area contributed by atoms with Crippen LogP contribution < -0.4 is 21.7 Å². The van der Waals surface area contributed by atoms with Crippen LogP contribution in [0.4, 0.5) is 17.5 Å². The molecule has 1 fully saturated rings. The highest BCUT2D eigenvalue weighted by molar-refractivity contribution is 7.19. The highest BCUT2D eigenvalue weighted by atomic mass is 32.1. The van der Waals surface area contributed by atoms with Crippen molar-refractivity contribution in [3.8, 4) is 11.4 Å². The van der Waals surface area contributed by atoms with E-state index in [-0.39, 0.29) is 5.56 Å². The number of benzene rings is 1. The molecule has 0 atom stereocenters. The number of morpholine rings is 1. The fourth-order valence-electron chi connectivity index (χ4n) is 3.51. The van der Waals surface area contributed by atoms with Crippen LogP contribution in [0.1, 0.15) is 15.2 Å². The largest absolute Gasteiger partial charge is 0.399 e. The van der Waals surface area contributed by atoms with Gasteiger partial charge < -0.3 is 26.4 Å². The fourth-order valence-corrected chi connectivity index (χ4v) is 4.57. The van der Waals surface area contributed by atoms with E-state index in [1.807, 2.05) is 24.3 Å². The molecule has 1 amide bonds. The van der Waals surface area contributed by atoms with Crippen LogP contribution in [0, 0.1) is 0 Å². The molecule has 5 rings (SSSR count).